The average Bonchev–Trinajstić information content (AvgIpc) is 3.30. The molecule has 2 amide bonds. The van der Waals surface area contributed by atoms with E-state index >= 15 is 0 Å². The Morgan fingerprint density at radius 2 is 1.97 bits per heavy atom. The van der Waals surface area contributed by atoms with Gasteiger partial charge in [0.25, 0.3) is 5.91 Å². The molecular weight excluding hydrogens is 422 g/mol. The van der Waals surface area contributed by atoms with E-state index in [-0.39, 0.29) is 37.1 Å². The standard InChI is InChI=1S/C23H26F2N2O5/c1-30-21-11-15(4-7-20(21)32-14-17-3-2-10-31-17)13-27-22(28)8-9-26-23(29)18-6-5-16(24)12-19(18)25/h4-7,11-12,17H,2-3,8-10,13-14H2,1H3,(H,26,29)(H,27,28). The molecule has 172 valence electrons. The molecule has 0 spiro atoms. The zero-order valence-electron chi connectivity index (χ0n) is 17.8. The molecule has 2 aromatic carbocycles. The molecule has 0 saturated carbocycles. The maximum Gasteiger partial charge on any atom is 0.254 e. The number of ether oxygens (including phenoxy) is 3. The molecule has 1 aliphatic heterocycles. The fourth-order valence-corrected chi connectivity index (χ4v) is 3.25. The van der Waals surface area contributed by atoms with E-state index < -0.39 is 17.5 Å². The van der Waals surface area contributed by atoms with Gasteiger partial charge in [-0.15, -0.1) is 0 Å². The summed E-state index contributed by atoms with van der Waals surface area (Å²) >= 11 is 0. The van der Waals surface area contributed by atoms with Gasteiger partial charge >= 0.3 is 0 Å². The third kappa shape index (κ3) is 6.65. The Bertz CT molecular complexity index is 948. The first kappa shape index (κ1) is 23.5. The second-order valence-corrected chi connectivity index (χ2v) is 7.34. The van der Waals surface area contributed by atoms with Gasteiger partial charge in [0.05, 0.1) is 18.8 Å². The van der Waals surface area contributed by atoms with Crippen molar-refractivity contribution >= 4 is 11.8 Å². The predicted octanol–water partition coefficient (Wildman–Crippen LogP) is 2.97. The van der Waals surface area contributed by atoms with E-state index in [9.17, 15) is 18.4 Å². The van der Waals surface area contributed by atoms with E-state index in [2.05, 4.69) is 10.6 Å². The number of amides is 2. The topological polar surface area (TPSA) is 85.9 Å². The monoisotopic (exact) mass is 448 g/mol. The summed E-state index contributed by atoms with van der Waals surface area (Å²) in [6.45, 7) is 1.50. The van der Waals surface area contributed by atoms with Crippen molar-refractivity contribution in [3.8, 4) is 11.5 Å². The summed E-state index contributed by atoms with van der Waals surface area (Å²) in [5.74, 6) is -1.56. The molecule has 2 aromatic rings. The highest BCUT2D eigenvalue weighted by atomic mass is 19.1. The van der Waals surface area contributed by atoms with Crippen LogP contribution in [0.25, 0.3) is 0 Å². The van der Waals surface area contributed by atoms with Crippen molar-refractivity contribution in [3.63, 3.8) is 0 Å². The molecule has 1 fully saturated rings. The molecule has 1 unspecified atom stereocenters. The molecule has 1 aliphatic rings. The maximum atomic E-state index is 13.6. The molecule has 9 heteroatoms. The molecule has 32 heavy (non-hydrogen) atoms. The Labute approximate surface area is 185 Å². The third-order valence-electron chi connectivity index (χ3n) is 4.98. The fourth-order valence-electron chi connectivity index (χ4n) is 3.25. The Morgan fingerprint density at radius 3 is 2.69 bits per heavy atom. The highest BCUT2D eigenvalue weighted by molar-refractivity contribution is 5.94. The van der Waals surface area contributed by atoms with Crippen LogP contribution in [0.15, 0.2) is 36.4 Å². The Balaban J connectivity index is 1.42. The van der Waals surface area contributed by atoms with Crippen molar-refractivity contribution < 1.29 is 32.6 Å². The molecule has 7 nitrogen and oxygen atoms in total. The highest BCUT2D eigenvalue weighted by Crippen LogP contribution is 2.29. The van der Waals surface area contributed by atoms with Crippen LogP contribution in [0.3, 0.4) is 0 Å². The minimum absolute atomic E-state index is 0.00821. The lowest BCUT2D eigenvalue weighted by Gasteiger charge is -2.15. The molecule has 3 rings (SSSR count). The fraction of sp³-hybridized carbons (Fsp3) is 0.391. The average molecular weight is 448 g/mol. The van der Waals surface area contributed by atoms with E-state index in [1.807, 2.05) is 6.07 Å². The van der Waals surface area contributed by atoms with E-state index in [4.69, 9.17) is 14.2 Å². The summed E-state index contributed by atoms with van der Waals surface area (Å²) in [6, 6.07) is 8.08. The number of carbonyl (C=O) groups is 2. The number of carbonyl (C=O) groups excluding carboxylic acids is 2. The molecule has 1 saturated heterocycles. The van der Waals surface area contributed by atoms with Gasteiger partial charge in [0.15, 0.2) is 11.5 Å². The lowest BCUT2D eigenvalue weighted by Crippen LogP contribution is -2.31. The number of hydrogen-bond donors (Lipinski definition) is 2. The lowest BCUT2D eigenvalue weighted by atomic mass is 10.2. The van der Waals surface area contributed by atoms with Crippen LogP contribution in [0.4, 0.5) is 8.78 Å². The van der Waals surface area contributed by atoms with Gasteiger partial charge in [-0.3, -0.25) is 9.59 Å². The highest BCUT2D eigenvalue weighted by Gasteiger charge is 2.17. The van der Waals surface area contributed by atoms with Gasteiger partial charge in [0.2, 0.25) is 5.91 Å². The van der Waals surface area contributed by atoms with E-state index in [0.29, 0.717) is 24.2 Å². The number of nitrogens with one attached hydrogen (secondary N) is 2. The Morgan fingerprint density at radius 1 is 1.12 bits per heavy atom. The third-order valence-corrected chi connectivity index (χ3v) is 4.98. The van der Waals surface area contributed by atoms with E-state index in [0.717, 1.165) is 37.1 Å². The zero-order valence-corrected chi connectivity index (χ0v) is 17.8. The van der Waals surface area contributed by atoms with Crippen molar-refractivity contribution in [2.75, 3.05) is 26.9 Å². The van der Waals surface area contributed by atoms with Gasteiger partial charge in [0.1, 0.15) is 18.2 Å². The van der Waals surface area contributed by atoms with E-state index in [1.54, 1.807) is 19.2 Å². The second-order valence-electron chi connectivity index (χ2n) is 7.34. The van der Waals surface area contributed by atoms with Gasteiger partial charge in [0, 0.05) is 32.2 Å². The van der Waals surface area contributed by atoms with Crippen LogP contribution >= 0.6 is 0 Å². The van der Waals surface area contributed by atoms with Crippen LogP contribution in [0.2, 0.25) is 0 Å². The number of methoxy groups -OCH3 is 1. The number of halogens is 2. The first-order valence-corrected chi connectivity index (χ1v) is 10.4. The van der Waals surface area contributed by atoms with Crippen molar-refractivity contribution in [3.05, 3.63) is 59.2 Å². The smallest absolute Gasteiger partial charge is 0.254 e. The normalized spacial score (nSPS) is 15.3. The van der Waals surface area contributed by atoms with Crippen LogP contribution < -0.4 is 20.1 Å². The zero-order chi connectivity index (χ0) is 22.9. The summed E-state index contributed by atoms with van der Waals surface area (Å²) < 4.78 is 43.2. The minimum atomic E-state index is -0.955. The van der Waals surface area contributed by atoms with Crippen LogP contribution in [0.5, 0.6) is 11.5 Å². The second kappa shape index (κ2) is 11.4. The van der Waals surface area contributed by atoms with Gasteiger partial charge in [-0.1, -0.05) is 6.07 Å². The lowest BCUT2D eigenvalue weighted by molar-refractivity contribution is -0.121. The molecule has 0 radical (unpaired) electrons. The predicted molar refractivity (Wildman–Crippen MR) is 113 cm³/mol. The van der Waals surface area contributed by atoms with Crippen molar-refractivity contribution in [1.29, 1.82) is 0 Å². The Hall–Kier alpha value is -3.20. The van der Waals surface area contributed by atoms with E-state index in [1.165, 1.54) is 0 Å². The van der Waals surface area contributed by atoms with Crippen molar-refractivity contribution in [2.45, 2.75) is 31.9 Å². The van der Waals surface area contributed by atoms with Crippen LogP contribution in [-0.4, -0.2) is 44.8 Å². The van der Waals surface area contributed by atoms with Gasteiger partial charge in [-0.2, -0.15) is 0 Å². The Kier molecular flexibility index (Phi) is 8.38. The number of benzene rings is 2. The van der Waals surface area contributed by atoms with Crippen molar-refractivity contribution in [1.82, 2.24) is 10.6 Å². The maximum absolute atomic E-state index is 13.6. The minimum Gasteiger partial charge on any atom is -0.493 e. The first-order chi connectivity index (χ1) is 15.5. The number of rotatable bonds is 10. The van der Waals surface area contributed by atoms with Crippen LogP contribution in [-0.2, 0) is 16.1 Å². The summed E-state index contributed by atoms with van der Waals surface area (Å²) in [5, 5.41) is 5.19. The summed E-state index contributed by atoms with van der Waals surface area (Å²) in [5.41, 5.74) is 0.540. The first-order valence-electron chi connectivity index (χ1n) is 10.4. The van der Waals surface area contributed by atoms with Crippen molar-refractivity contribution in [2.24, 2.45) is 0 Å². The molecular formula is C23H26F2N2O5. The largest absolute Gasteiger partial charge is 0.493 e. The quantitative estimate of drug-likeness (QED) is 0.584. The summed E-state index contributed by atoms with van der Waals surface area (Å²) in [7, 11) is 1.54. The van der Waals surface area contributed by atoms with Gasteiger partial charge in [-0.25, -0.2) is 8.78 Å². The molecule has 1 atom stereocenters. The molecule has 0 aliphatic carbocycles. The molecule has 0 bridgehead atoms. The molecule has 0 aromatic heterocycles. The van der Waals surface area contributed by atoms with Crippen LogP contribution in [0.1, 0.15) is 35.2 Å². The van der Waals surface area contributed by atoms with Crippen LogP contribution in [0, 0.1) is 11.6 Å². The molecule has 2 N–H and O–H groups in total. The molecule has 1 heterocycles. The van der Waals surface area contributed by atoms with Gasteiger partial charge in [-0.05, 0) is 42.7 Å². The summed E-state index contributed by atoms with van der Waals surface area (Å²) in [6.07, 6.45) is 2.12. The SMILES string of the molecule is COc1cc(CNC(=O)CCNC(=O)c2ccc(F)cc2F)ccc1OCC1CCCO1. The number of hydrogen-bond acceptors (Lipinski definition) is 5. The summed E-state index contributed by atoms with van der Waals surface area (Å²) in [4.78, 5) is 24.0. The van der Waals surface area contributed by atoms with Gasteiger partial charge < -0.3 is 24.8 Å².